The Bertz CT molecular complexity index is 592. The van der Waals surface area contributed by atoms with E-state index in [2.05, 4.69) is 21.2 Å². The number of rotatable bonds is 5. The largest absolute Gasteiger partial charge is 0.497 e. The normalized spacial score (nSPS) is 12.0. The second-order valence-electron chi connectivity index (χ2n) is 4.28. The van der Waals surface area contributed by atoms with Crippen molar-refractivity contribution in [3.63, 3.8) is 0 Å². The van der Waals surface area contributed by atoms with Crippen LogP contribution in [0.1, 0.15) is 11.6 Å². The molecule has 0 bridgehead atoms. The zero-order valence-corrected chi connectivity index (χ0v) is 13.3. The van der Waals surface area contributed by atoms with E-state index < -0.39 is 0 Å². The summed E-state index contributed by atoms with van der Waals surface area (Å²) >= 11 is 9.40. The van der Waals surface area contributed by atoms with Crippen LogP contribution in [0, 0.1) is 0 Å². The van der Waals surface area contributed by atoms with Crippen molar-refractivity contribution in [2.75, 3.05) is 19.0 Å². The van der Waals surface area contributed by atoms with Crippen LogP contribution in [0.4, 0.5) is 5.69 Å². The summed E-state index contributed by atoms with van der Waals surface area (Å²) in [6.45, 7) is -0.0303. The van der Waals surface area contributed by atoms with Crippen LogP contribution in [0.15, 0.2) is 46.9 Å². The fourth-order valence-corrected chi connectivity index (χ4v) is 2.88. The molecule has 0 saturated heterocycles. The van der Waals surface area contributed by atoms with Gasteiger partial charge in [-0.3, -0.25) is 0 Å². The molecule has 2 aromatic carbocycles. The maximum atomic E-state index is 9.61. The Morgan fingerprint density at radius 2 is 2.10 bits per heavy atom. The first kappa shape index (κ1) is 15.2. The topological polar surface area (TPSA) is 41.5 Å². The van der Waals surface area contributed by atoms with Gasteiger partial charge in [0.15, 0.2) is 0 Å². The van der Waals surface area contributed by atoms with Crippen LogP contribution < -0.4 is 10.1 Å². The monoisotopic (exact) mass is 355 g/mol. The van der Waals surface area contributed by atoms with Gasteiger partial charge in [0.25, 0.3) is 0 Å². The fourth-order valence-electron chi connectivity index (χ4n) is 1.92. The molecule has 106 valence electrons. The average molecular weight is 357 g/mol. The van der Waals surface area contributed by atoms with Gasteiger partial charge in [-0.05, 0) is 29.8 Å². The molecule has 0 radical (unpaired) electrons. The molecule has 0 heterocycles. The highest BCUT2D eigenvalue weighted by Gasteiger charge is 2.14. The van der Waals surface area contributed by atoms with Crippen LogP contribution in [0.5, 0.6) is 5.75 Å². The summed E-state index contributed by atoms with van der Waals surface area (Å²) in [5, 5.41) is 13.5. The molecular formula is C15H15BrClNO2. The van der Waals surface area contributed by atoms with E-state index >= 15 is 0 Å². The summed E-state index contributed by atoms with van der Waals surface area (Å²) in [7, 11) is 1.62. The number of anilines is 1. The minimum atomic E-state index is -0.228. The van der Waals surface area contributed by atoms with Crippen LogP contribution in [0.2, 0.25) is 5.02 Å². The molecule has 0 fully saturated rings. The fraction of sp³-hybridized carbons (Fsp3) is 0.200. The second kappa shape index (κ2) is 6.97. The van der Waals surface area contributed by atoms with Crippen molar-refractivity contribution in [3.8, 4) is 5.75 Å². The predicted octanol–water partition coefficient (Wildman–Crippen LogP) is 4.26. The van der Waals surface area contributed by atoms with Crippen molar-refractivity contribution in [1.82, 2.24) is 0 Å². The van der Waals surface area contributed by atoms with Gasteiger partial charge in [-0.2, -0.15) is 0 Å². The Morgan fingerprint density at radius 3 is 2.75 bits per heavy atom. The third kappa shape index (κ3) is 3.66. The molecule has 5 heteroatoms. The third-order valence-electron chi connectivity index (χ3n) is 2.93. The molecule has 3 nitrogen and oxygen atoms in total. The van der Waals surface area contributed by atoms with E-state index in [1.165, 1.54) is 0 Å². The quantitative estimate of drug-likeness (QED) is 0.841. The maximum absolute atomic E-state index is 9.61. The number of hydrogen-bond acceptors (Lipinski definition) is 3. The van der Waals surface area contributed by atoms with Gasteiger partial charge in [-0.25, -0.2) is 0 Å². The van der Waals surface area contributed by atoms with E-state index in [1.807, 2.05) is 36.4 Å². The zero-order chi connectivity index (χ0) is 14.5. The molecule has 0 saturated carbocycles. The van der Waals surface area contributed by atoms with Crippen LogP contribution in [0.3, 0.4) is 0 Å². The lowest BCUT2D eigenvalue weighted by atomic mass is 10.1. The summed E-state index contributed by atoms with van der Waals surface area (Å²) in [5.74, 6) is 0.766. The second-order valence-corrected chi connectivity index (χ2v) is 5.57. The Labute approximate surface area is 131 Å². The molecular weight excluding hydrogens is 342 g/mol. The molecule has 2 aromatic rings. The van der Waals surface area contributed by atoms with Gasteiger partial charge in [0.05, 0.1) is 19.8 Å². The highest BCUT2D eigenvalue weighted by atomic mass is 79.9. The Hall–Kier alpha value is -1.23. The van der Waals surface area contributed by atoms with E-state index in [0.717, 1.165) is 21.5 Å². The number of aliphatic hydroxyl groups is 1. The van der Waals surface area contributed by atoms with Crippen molar-refractivity contribution in [2.24, 2.45) is 0 Å². The number of halogens is 2. The zero-order valence-electron chi connectivity index (χ0n) is 10.9. The molecule has 0 aromatic heterocycles. The Balaban J connectivity index is 2.23. The van der Waals surface area contributed by atoms with Crippen LogP contribution in [-0.2, 0) is 0 Å². The molecule has 0 aliphatic heterocycles. The first-order chi connectivity index (χ1) is 9.63. The van der Waals surface area contributed by atoms with Gasteiger partial charge in [0, 0.05) is 21.2 Å². The minimum absolute atomic E-state index is 0.0303. The SMILES string of the molecule is COc1cccc(NC(CO)c2ccc(Cl)cc2Br)c1. The number of aliphatic hydroxyl groups excluding tert-OH is 1. The number of ether oxygens (including phenoxy) is 1. The van der Waals surface area contributed by atoms with E-state index in [9.17, 15) is 5.11 Å². The third-order valence-corrected chi connectivity index (χ3v) is 3.85. The lowest BCUT2D eigenvalue weighted by molar-refractivity contribution is 0.276. The summed E-state index contributed by atoms with van der Waals surface area (Å²) < 4.78 is 6.05. The van der Waals surface area contributed by atoms with Gasteiger partial charge in [-0.1, -0.05) is 39.7 Å². The van der Waals surface area contributed by atoms with Gasteiger partial charge in [-0.15, -0.1) is 0 Å². The number of nitrogens with one attached hydrogen (secondary N) is 1. The van der Waals surface area contributed by atoms with Crippen LogP contribution >= 0.6 is 27.5 Å². The summed E-state index contributed by atoms with van der Waals surface area (Å²) in [6, 6.07) is 12.9. The highest BCUT2D eigenvalue weighted by Crippen LogP contribution is 2.29. The summed E-state index contributed by atoms with van der Waals surface area (Å²) in [4.78, 5) is 0. The highest BCUT2D eigenvalue weighted by molar-refractivity contribution is 9.10. The van der Waals surface area contributed by atoms with Crippen LogP contribution in [-0.4, -0.2) is 18.8 Å². The smallest absolute Gasteiger partial charge is 0.120 e. The molecule has 20 heavy (non-hydrogen) atoms. The summed E-state index contributed by atoms with van der Waals surface area (Å²) in [5.41, 5.74) is 1.82. The number of hydrogen-bond donors (Lipinski definition) is 2. The molecule has 0 aliphatic rings. The minimum Gasteiger partial charge on any atom is -0.497 e. The molecule has 1 unspecified atom stereocenters. The molecule has 2 rings (SSSR count). The first-order valence-electron chi connectivity index (χ1n) is 6.10. The van der Waals surface area contributed by atoms with Gasteiger partial charge in [0.1, 0.15) is 5.75 Å². The number of benzene rings is 2. The predicted molar refractivity (Wildman–Crippen MR) is 85.6 cm³/mol. The van der Waals surface area contributed by atoms with E-state index in [0.29, 0.717) is 5.02 Å². The van der Waals surface area contributed by atoms with Crippen molar-refractivity contribution in [2.45, 2.75) is 6.04 Å². The van der Waals surface area contributed by atoms with Crippen molar-refractivity contribution in [1.29, 1.82) is 0 Å². The van der Waals surface area contributed by atoms with Crippen molar-refractivity contribution in [3.05, 3.63) is 57.5 Å². The summed E-state index contributed by atoms with van der Waals surface area (Å²) in [6.07, 6.45) is 0. The number of methoxy groups -OCH3 is 1. The molecule has 0 amide bonds. The molecule has 1 atom stereocenters. The standard InChI is InChI=1S/C15H15BrClNO2/c1-20-12-4-2-3-11(8-12)18-15(9-19)13-6-5-10(17)7-14(13)16/h2-8,15,18-19H,9H2,1H3. The van der Waals surface area contributed by atoms with Crippen LogP contribution in [0.25, 0.3) is 0 Å². The van der Waals surface area contributed by atoms with E-state index in [4.69, 9.17) is 16.3 Å². The van der Waals surface area contributed by atoms with Gasteiger partial charge < -0.3 is 15.2 Å². The van der Waals surface area contributed by atoms with E-state index in [-0.39, 0.29) is 12.6 Å². The maximum Gasteiger partial charge on any atom is 0.120 e. The molecule has 2 N–H and O–H groups in total. The lowest BCUT2D eigenvalue weighted by Gasteiger charge is -2.20. The first-order valence-corrected chi connectivity index (χ1v) is 7.27. The van der Waals surface area contributed by atoms with Gasteiger partial charge >= 0.3 is 0 Å². The van der Waals surface area contributed by atoms with E-state index in [1.54, 1.807) is 13.2 Å². The van der Waals surface area contributed by atoms with Gasteiger partial charge in [0.2, 0.25) is 0 Å². The Kier molecular flexibility index (Phi) is 5.29. The van der Waals surface area contributed by atoms with Crippen molar-refractivity contribution >= 4 is 33.2 Å². The molecule has 0 aliphatic carbocycles. The van der Waals surface area contributed by atoms with Crippen molar-refractivity contribution < 1.29 is 9.84 Å². The molecule has 0 spiro atoms. The lowest BCUT2D eigenvalue weighted by Crippen LogP contribution is -2.15. The average Bonchev–Trinajstić information content (AvgIpc) is 2.45. The Morgan fingerprint density at radius 1 is 1.30 bits per heavy atom.